The van der Waals surface area contributed by atoms with Crippen LogP contribution in [0.2, 0.25) is 0 Å². The Kier molecular flexibility index (Phi) is 5.89. The van der Waals surface area contributed by atoms with Gasteiger partial charge < -0.3 is 15.3 Å². The highest BCUT2D eigenvalue weighted by atomic mass is 16.3. The summed E-state index contributed by atoms with van der Waals surface area (Å²) in [6.45, 7) is 6.32. The highest BCUT2D eigenvalue weighted by Crippen LogP contribution is 2.27. The van der Waals surface area contributed by atoms with Gasteiger partial charge in [-0.1, -0.05) is 19.9 Å². The largest absolute Gasteiger partial charge is 0.392 e. The number of aliphatic hydroxyl groups is 1. The zero-order chi connectivity index (χ0) is 20.3. The Labute approximate surface area is 164 Å². The van der Waals surface area contributed by atoms with Crippen LogP contribution in [-0.4, -0.2) is 51.0 Å². The van der Waals surface area contributed by atoms with E-state index in [0.717, 1.165) is 11.4 Å². The number of pyridine rings is 2. The number of hydrogen-bond acceptors (Lipinski definition) is 5. The van der Waals surface area contributed by atoms with Crippen molar-refractivity contribution in [2.45, 2.75) is 33.4 Å². The van der Waals surface area contributed by atoms with E-state index in [4.69, 9.17) is 5.11 Å². The number of carbonyl (C=O) groups excluding carboxylic acids is 2. The van der Waals surface area contributed by atoms with Gasteiger partial charge in [0.15, 0.2) is 0 Å². The van der Waals surface area contributed by atoms with Crippen molar-refractivity contribution in [2.24, 2.45) is 5.92 Å². The Hall–Kier alpha value is -3.00. The van der Waals surface area contributed by atoms with Crippen LogP contribution in [0.15, 0.2) is 36.7 Å². The Morgan fingerprint density at radius 3 is 2.61 bits per heavy atom. The molecule has 1 aliphatic rings. The fraction of sp³-hybridized carbons (Fsp3) is 0.400. The van der Waals surface area contributed by atoms with E-state index in [9.17, 15) is 9.59 Å². The fourth-order valence-corrected chi connectivity index (χ4v) is 3.18. The molecule has 0 aromatic carbocycles. The second-order valence-corrected chi connectivity index (χ2v) is 7.25. The van der Waals surface area contributed by atoms with Gasteiger partial charge >= 0.3 is 6.03 Å². The first-order chi connectivity index (χ1) is 13.4. The molecular weight excluding hydrogens is 358 g/mol. The third-order valence-corrected chi connectivity index (χ3v) is 4.81. The Balaban J connectivity index is 1.71. The van der Waals surface area contributed by atoms with Gasteiger partial charge in [0.1, 0.15) is 12.4 Å². The van der Waals surface area contributed by atoms with Gasteiger partial charge in [-0.25, -0.2) is 9.78 Å². The van der Waals surface area contributed by atoms with Crippen LogP contribution in [0.1, 0.15) is 25.1 Å². The molecule has 0 saturated carbocycles. The Bertz CT molecular complexity index is 836. The van der Waals surface area contributed by atoms with Crippen molar-refractivity contribution in [3.05, 3.63) is 47.9 Å². The topological polar surface area (TPSA) is 98.7 Å². The highest BCUT2D eigenvalue weighted by Gasteiger charge is 2.40. The monoisotopic (exact) mass is 383 g/mol. The van der Waals surface area contributed by atoms with E-state index in [1.165, 1.54) is 6.20 Å². The van der Waals surface area contributed by atoms with Gasteiger partial charge in [0.25, 0.3) is 0 Å². The van der Waals surface area contributed by atoms with Crippen LogP contribution >= 0.6 is 0 Å². The van der Waals surface area contributed by atoms with Crippen LogP contribution in [0.3, 0.4) is 0 Å². The number of aryl methyl sites for hydroxylation is 1. The summed E-state index contributed by atoms with van der Waals surface area (Å²) in [5.74, 6) is 0.267. The van der Waals surface area contributed by atoms with Crippen molar-refractivity contribution in [3.63, 3.8) is 0 Å². The lowest BCUT2D eigenvalue weighted by atomic mass is 10.0. The normalized spacial score (nSPS) is 16.8. The number of urea groups is 1. The van der Waals surface area contributed by atoms with Crippen molar-refractivity contribution >= 4 is 23.4 Å². The second-order valence-electron chi connectivity index (χ2n) is 7.25. The maximum atomic E-state index is 13.0. The first-order valence-electron chi connectivity index (χ1n) is 9.25. The maximum Gasteiger partial charge on any atom is 0.325 e. The highest BCUT2D eigenvalue weighted by molar-refractivity contribution is 5.99. The van der Waals surface area contributed by atoms with Gasteiger partial charge in [-0.05, 0) is 36.6 Å². The summed E-state index contributed by atoms with van der Waals surface area (Å²) in [7, 11) is 0. The summed E-state index contributed by atoms with van der Waals surface area (Å²) in [4.78, 5) is 37.1. The Morgan fingerprint density at radius 2 is 2.04 bits per heavy atom. The van der Waals surface area contributed by atoms with E-state index in [1.54, 1.807) is 28.1 Å². The van der Waals surface area contributed by atoms with Crippen LogP contribution in [0.4, 0.5) is 16.3 Å². The molecule has 1 saturated heterocycles. The average molecular weight is 383 g/mol. The summed E-state index contributed by atoms with van der Waals surface area (Å²) in [5, 5.41) is 11.8. The van der Waals surface area contributed by atoms with Crippen molar-refractivity contribution < 1.29 is 14.7 Å². The number of aromatic nitrogens is 2. The first kappa shape index (κ1) is 19.8. The van der Waals surface area contributed by atoms with Gasteiger partial charge in [0.2, 0.25) is 5.91 Å². The molecule has 1 aliphatic heterocycles. The summed E-state index contributed by atoms with van der Waals surface area (Å²) in [6.07, 6.45) is 3.18. The number of aliphatic hydroxyl groups excluding tert-OH is 1. The van der Waals surface area contributed by atoms with E-state index < -0.39 is 0 Å². The standard InChI is InChI=1S/C20H25N5O3/c1-13(2)17-10-24(16-6-4-14(3)21-9-16)20(28)25(17)11-19(27)23-18-7-5-15(12-26)8-22-18/h4-9,13,17,26H,10-12H2,1-3H3,(H,22,23,27)/t17-/m1/s1. The van der Waals surface area contributed by atoms with E-state index in [2.05, 4.69) is 15.3 Å². The van der Waals surface area contributed by atoms with Crippen LogP contribution < -0.4 is 10.2 Å². The molecule has 1 fully saturated rings. The number of carbonyl (C=O) groups is 2. The molecule has 2 N–H and O–H groups in total. The number of hydrogen-bond donors (Lipinski definition) is 2. The molecule has 1 atom stereocenters. The molecular formula is C20H25N5O3. The minimum atomic E-state index is -0.313. The minimum absolute atomic E-state index is 0.0547. The van der Waals surface area contributed by atoms with Gasteiger partial charge in [-0.15, -0.1) is 0 Å². The number of amides is 3. The maximum absolute atomic E-state index is 13.0. The van der Waals surface area contributed by atoms with Crippen LogP contribution in [-0.2, 0) is 11.4 Å². The SMILES string of the molecule is Cc1ccc(N2C[C@H](C(C)C)N(CC(=O)Nc3ccc(CO)cn3)C2=O)cn1. The predicted octanol–water partition coefficient (Wildman–Crippen LogP) is 2.18. The molecule has 2 aromatic heterocycles. The zero-order valence-corrected chi connectivity index (χ0v) is 16.3. The molecule has 3 rings (SSSR count). The van der Waals surface area contributed by atoms with Crippen LogP contribution in [0.25, 0.3) is 0 Å². The summed E-state index contributed by atoms with van der Waals surface area (Å²) >= 11 is 0. The van der Waals surface area contributed by atoms with Gasteiger partial charge in [0.05, 0.1) is 24.5 Å². The lowest BCUT2D eigenvalue weighted by molar-refractivity contribution is -0.117. The molecule has 3 heterocycles. The molecule has 28 heavy (non-hydrogen) atoms. The molecule has 8 heteroatoms. The van der Waals surface area contributed by atoms with Crippen LogP contribution in [0, 0.1) is 12.8 Å². The zero-order valence-electron chi connectivity index (χ0n) is 16.3. The van der Waals surface area contributed by atoms with Crippen molar-refractivity contribution in [1.82, 2.24) is 14.9 Å². The minimum Gasteiger partial charge on any atom is -0.392 e. The number of rotatable bonds is 6. The molecule has 0 bridgehead atoms. The third kappa shape index (κ3) is 4.28. The summed E-state index contributed by atoms with van der Waals surface area (Å²) in [6, 6.07) is 6.76. The summed E-state index contributed by atoms with van der Waals surface area (Å²) in [5.41, 5.74) is 2.27. The lowest BCUT2D eigenvalue weighted by Crippen LogP contribution is -2.42. The molecule has 148 valence electrons. The molecule has 8 nitrogen and oxygen atoms in total. The molecule has 3 amide bonds. The fourth-order valence-electron chi connectivity index (χ4n) is 3.18. The smallest absolute Gasteiger partial charge is 0.325 e. The van der Waals surface area contributed by atoms with Gasteiger partial charge in [-0.2, -0.15) is 0 Å². The van der Waals surface area contributed by atoms with Crippen LogP contribution in [0.5, 0.6) is 0 Å². The van der Waals surface area contributed by atoms with E-state index in [-0.39, 0.29) is 37.0 Å². The second kappa shape index (κ2) is 8.35. The average Bonchev–Trinajstić information content (AvgIpc) is 3.00. The summed E-state index contributed by atoms with van der Waals surface area (Å²) < 4.78 is 0. The predicted molar refractivity (Wildman–Crippen MR) is 106 cm³/mol. The molecule has 0 radical (unpaired) electrons. The van der Waals surface area contributed by atoms with Crippen molar-refractivity contribution in [2.75, 3.05) is 23.3 Å². The van der Waals surface area contributed by atoms with Gasteiger partial charge in [-0.3, -0.25) is 14.7 Å². The first-order valence-corrected chi connectivity index (χ1v) is 9.25. The van der Waals surface area contributed by atoms with E-state index in [0.29, 0.717) is 17.9 Å². The number of nitrogens with zero attached hydrogens (tertiary/aromatic N) is 4. The number of nitrogens with one attached hydrogen (secondary N) is 1. The van der Waals surface area contributed by atoms with E-state index in [1.807, 2.05) is 32.9 Å². The van der Waals surface area contributed by atoms with Crippen molar-refractivity contribution in [1.29, 1.82) is 0 Å². The molecule has 2 aromatic rings. The van der Waals surface area contributed by atoms with E-state index >= 15 is 0 Å². The quantitative estimate of drug-likeness (QED) is 0.797. The van der Waals surface area contributed by atoms with Gasteiger partial charge in [0, 0.05) is 18.4 Å². The Morgan fingerprint density at radius 1 is 1.25 bits per heavy atom. The third-order valence-electron chi connectivity index (χ3n) is 4.81. The number of anilines is 2. The molecule has 0 unspecified atom stereocenters. The lowest BCUT2D eigenvalue weighted by Gasteiger charge is -2.25. The molecule has 0 spiro atoms. The van der Waals surface area contributed by atoms with Crippen molar-refractivity contribution in [3.8, 4) is 0 Å². The molecule has 0 aliphatic carbocycles.